The molecule has 0 saturated carbocycles. The van der Waals surface area contributed by atoms with E-state index in [9.17, 15) is 24.4 Å². The molecule has 7 atom stereocenters. The molecule has 2 aliphatic rings. The van der Waals surface area contributed by atoms with E-state index in [0.29, 0.717) is 16.7 Å². The maximum absolute atomic E-state index is 10.7. The Hall–Kier alpha value is -3.28. The van der Waals surface area contributed by atoms with Crippen molar-refractivity contribution in [1.82, 2.24) is 39.0 Å². The van der Waals surface area contributed by atoms with Crippen molar-refractivity contribution < 1.29 is 62.5 Å². The summed E-state index contributed by atoms with van der Waals surface area (Å²) in [6.45, 7) is -1.02. The fourth-order valence-electron chi connectivity index (χ4n) is 4.61. The number of anilines is 2. The zero-order chi connectivity index (χ0) is 32.7. The van der Waals surface area contributed by atoms with Gasteiger partial charge in [-0.25, -0.2) is 39.0 Å². The number of fused-ring (bicyclic) bond motifs is 2. The Morgan fingerprint density at radius 3 is 1.82 bits per heavy atom. The third kappa shape index (κ3) is 7.42. The van der Waals surface area contributed by atoms with Crippen molar-refractivity contribution in [3.8, 4) is 0 Å². The van der Waals surface area contributed by atoms with E-state index in [4.69, 9.17) is 40.5 Å². The predicted octanol–water partition coefficient (Wildman–Crippen LogP) is -2.70. The number of rotatable bonds is 8. The van der Waals surface area contributed by atoms with Gasteiger partial charge in [0.1, 0.15) is 54.3 Å². The number of ether oxygens (including phenoxy) is 2. The molecule has 6 heterocycles. The van der Waals surface area contributed by atoms with E-state index in [2.05, 4.69) is 39.0 Å². The van der Waals surface area contributed by atoms with E-state index >= 15 is 0 Å². The van der Waals surface area contributed by atoms with Gasteiger partial charge in [-0.05, 0) is 0 Å². The van der Waals surface area contributed by atoms with E-state index in [1.54, 1.807) is 4.57 Å². The summed E-state index contributed by atoms with van der Waals surface area (Å²) < 4.78 is 44.0. The summed E-state index contributed by atoms with van der Waals surface area (Å²) in [5.74, 6) is 0.367. The van der Waals surface area contributed by atoms with Gasteiger partial charge in [0.15, 0.2) is 29.2 Å². The van der Waals surface area contributed by atoms with Crippen molar-refractivity contribution in [1.29, 1.82) is 0 Å². The summed E-state index contributed by atoms with van der Waals surface area (Å²) in [6.07, 6.45) is -1.95. The van der Waals surface area contributed by atoms with Crippen LogP contribution < -0.4 is 11.5 Å². The molecular weight excluding hydrogens is 650 g/mol. The van der Waals surface area contributed by atoms with E-state index in [1.165, 1.54) is 29.9 Å². The second kappa shape index (κ2) is 12.8. The maximum Gasteiger partial charge on any atom is 0.469 e. The largest absolute Gasteiger partial charge is 0.469 e. The van der Waals surface area contributed by atoms with Crippen LogP contribution in [-0.4, -0.2) is 118 Å². The number of aliphatic hydroxyl groups is 3. The van der Waals surface area contributed by atoms with Crippen molar-refractivity contribution in [2.75, 3.05) is 24.7 Å². The quantitative estimate of drug-likeness (QED) is 0.0856. The Labute approximate surface area is 250 Å². The molecule has 23 nitrogen and oxygen atoms in total. The number of aliphatic hydroxyl groups excluding tert-OH is 3. The Morgan fingerprint density at radius 2 is 1.27 bits per heavy atom. The molecule has 0 amide bonds. The summed E-state index contributed by atoms with van der Waals surface area (Å²) >= 11 is 0. The molecule has 2 aliphatic heterocycles. The highest BCUT2D eigenvalue weighted by molar-refractivity contribution is 7.46. The molecule has 2 fully saturated rings. The minimum atomic E-state index is -4.72. The van der Waals surface area contributed by atoms with Crippen LogP contribution >= 0.6 is 15.6 Å². The second-order valence-electron chi connectivity index (χ2n) is 9.72. The molecule has 2 saturated heterocycles. The first-order chi connectivity index (χ1) is 21.1. The SMILES string of the molecule is Nc1ncnc2c1ncn2[C@@H]1O[C@H](COP(=O)(O)O)[C@@H](O)[C@H]1O.Nc1ncnc2c1ncn2[C@H]1C[C@H](O)[C@@H](COP(=O)(O)O)O1. The number of nitrogen functional groups attached to an aromatic ring is 2. The van der Waals surface area contributed by atoms with Gasteiger partial charge in [0.2, 0.25) is 0 Å². The number of hydrogen-bond acceptors (Lipinski definition) is 17. The van der Waals surface area contributed by atoms with Crippen molar-refractivity contribution >= 4 is 49.6 Å². The summed E-state index contributed by atoms with van der Waals surface area (Å²) in [4.78, 5) is 58.6. The molecule has 11 N–H and O–H groups in total. The third-order valence-electron chi connectivity index (χ3n) is 6.71. The van der Waals surface area contributed by atoms with Crippen molar-refractivity contribution in [2.45, 2.75) is 49.4 Å². The first-order valence-corrected chi connectivity index (χ1v) is 15.8. The molecule has 0 aliphatic carbocycles. The minimum Gasteiger partial charge on any atom is -0.390 e. The number of hydrogen-bond donors (Lipinski definition) is 9. The predicted molar refractivity (Wildman–Crippen MR) is 146 cm³/mol. The van der Waals surface area contributed by atoms with Crippen LogP contribution in [0.5, 0.6) is 0 Å². The number of nitrogens with zero attached hydrogens (tertiary/aromatic N) is 8. The fraction of sp³-hybridized carbons (Fsp3) is 0.500. The van der Waals surface area contributed by atoms with Gasteiger partial charge in [-0.1, -0.05) is 0 Å². The van der Waals surface area contributed by atoms with Gasteiger partial charge in [0.25, 0.3) is 0 Å². The lowest BCUT2D eigenvalue weighted by Gasteiger charge is -2.16. The topological polar surface area (TPSA) is 352 Å². The summed E-state index contributed by atoms with van der Waals surface area (Å²) in [5, 5.41) is 30.0. The molecule has 246 valence electrons. The van der Waals surface area contributed by atoms with Gasteiger partial charge in [0, 0.05) is 6.42 Å². The van der Waals surface area contributed by atoms with Crippen LogP contribution in [0.2, 0.25) is 0 Å². The number of phosphoric acid groups is 2. The molecule has 4 aromatic heterocycles. The Bertz CT molecular complexity index is 1750. The van der Waals surface area contributed by atoms with Crippen LogP contribution in [0.3, 0.4) is 0 Å². The van der Waals surface area contributed by atoms with E-state index < -0.39 is 71.8 Å². The molecular formula is C20H28N10O13P2. The van der Waals surface area contributed by atoms with Crippen LogP contribution in [0.15, 0.2) is 25.3 Å². The molecule has 0 bridgehead atoms. The molecule has 0 unspecified atom stereocenters. The third-order valence-corrected chi connectivity index (χ3v) is 7.68. The number of nitrogens with two attached hydrogens (primary N) is 2. The van der Waals surface area contributed by atoms with E-state index in [-0.39, 0.29) is 23.7 Å². The van der Waals surface area contributed by atoms with Crippen LogP contribution in [0, 0.1) is 0 Å². The summed E-state index contributed by atoms with van der Waals surface area (Å²) in [7, 11) is -9.34. The fourth-order valence-corrected chi connectivity index (χ4v) is 5.29. The first kappa shape index (κ1) is 33.1. The molecule has 25 heteroatoms. The normalized spacial score (nSPS) is 27.2. The molecule has 0 spiro atoms. The van der Waals surface area contributed by atoms with E-state index in [0.717, 1.165) is 0 Å². The van der Waals surface area contributed by atoms with Gasteiger partial charge in [-0.2, -0.15) is 0 Å². The van der Waals surface area contributed by atoms with Gasteiger partial charge < -0.3 is 55.8 Å². The van der Waals surface area contributed by atoms with Crippen molar-refractivity contribution in [3.05, 3.63) is 25.3 Å². The van der Waals surface area contributed by atoms with E-state index in [1.807, 2.05) is 0 Å². The average Bonchev–Trinajstić information content (AvgIpc) is 3.73. The number of imidazole rings is 2. The lowest BCUT2D eigenvalue weighted by Crippen LogP contribution is -2.33. The zero-order valence-corrected chi connectivity index (χ0v) is 24.5. The summed E-state index contributed by atoms with van der Waals surface area (Å²) in [5.41, 5.74) is 12.8. The Morgan fingerprint density at radius 1 is 0.756 bits per heavy atom. The van der Waals surface area contributed by atoms with Gasteiger partial charge in [-0.3, -0.25) is 18.2 Å². The van der Waals surface area contributed by atoms with Crippen LogP contribution in [-0.2, 0) is 27.7 Å². The summed E-state index contributed by atoms with van der Waals surface area (Å²) in [6, 6.07) is 0. The van der Waals surface area contributed by atoms with Gasteiger partial charge in [0.05, 0.1) is 32.0 Å². The first-order valence-electron chi connectivity index (χ1n) is 12.7. The van der Waals surface area contributed by atoms with Crippen LogP contribution in [0.25, 0.3) is 22.3 Å². The maximum atomic E-state index is 10.7. The van der Waals surface area contributed by atoms with Gasteiger partial charge in [-0.15, -0.1) is 0 Å². The number of phosphoric ester groups is 2. The standard InChI is InChI=1S/C10H14N5O7P.C10H14N5O6P/c11-8-5-9(13-2-12-8)15(3-14-5)10-7(17)6(16)4(22-10)1-21-23(18,19)20;11-9-8-10(13-3-12-9)15(4-14-8)7-1-5(16)6(21-7)2-20-22(17,18)19/h2-4,6-7,10,16-17H,1H2,(H2,11,12,13)(H2,18,19,20);3-7,16H,1-2H2,(H2,11,12,13)(H2,17,18,19)/t4-,6-,7-,10-;5-,6+,7+/m10/s1. The zero-order valence-electron chi connectivity index (χ0n) is 22.7. The van der Waals surface area contributed by atoms with Crippen LogP contribution in [0.1, 0.15) is 18.9 Å². The lowest BCUT2D eigenvalue weighted by molar-refractivity contribution is -0.0504. The second-order valence-corrected chi connectivity index (χ2v) is 12.2. The molecule has 0 radical (unpaired) electrons. The average molecular weight is 678 g/mol. The monoisotopic (exact) mass is 678 g/mol. The smallest absolute Gasteiger partial charge is 0.390 e. The molecule has 45 heavy (non-hydrogen) atoms. The highest BCUT2D eigenvalue weighted by Gasteiger charge is 2.45. The molecule has 6 rings (SSSR count). The van der Waals surface area contributed by atoms with Gasteiger partial charge >= 0.3 is 15.6 Å². The minimum absolute atomic E-state index is 0.142. The van der Waals surface area contributed by atoms with Crippen molar-refractivity contribution in [3.63, 3.8) is 0 Å². The molecule has 4 aromatic rings. The van der Waals surface area contributed by atoms with Crippen LogP contribution in [0.4, 0.5) is 11.6 Å². The van der Waals surface area contributed by atoms with Crippen molar-refractivity contribution in [2.24, 2.45) is 0 Å². The highest BCUT2D eigenvalue weighted by atomic mass is 31.2. The molecule has 0 aromatic carbocycles. The number of aromatic nitrogens is 8. The lowest BCUT2D eigenvalue weighted by atomic mass is 10.1. The Balaban J connectivity index is 0.000000178. The highest BCUT2D eigenvalue weighted by Crippen LogP contribution is 2.40. The Kier molecular flexibility index (Phi) is 9.45.